The summed E-state index contributed by atoms with van der Waals surface area (Å²) in [5.41, 5.74) is 1.40. The van der Waals surface area contributed by atoms with Crippen molar-refractivity contribution in [2.45, 2.75) is 13.5 Å². The van der Waals surface area contributed by atoms with Crippen LogP contribution >= 0.6 is 11.6 Å². The molecule has 0 aromatic heterocycles. The van der Waals surface area contributed by atoms with Crippen LogP contribution in [0, 0.1) is 0 Å². The van der Waals surface area contributed by atoms with Crippen LogP contribution in [0.15, 0.2) is 48.5 Å². The molecular weight excluding hydrogens is 330 g/mol. The van der Waals surface area contributed by atoms with Crippen molar-refractivity contribution in [2.75, 3.05) is 6.61 Å². The van der Waals surface area contributed by atoms with Gasteiger partial charge in [-0.1, -0.05) is 41.9 Å². The van der Waals surface area contributed by atoms with E-state index in [2.05, 4.69) is 5.32 Å². The number of Topliss-reactive ketones (excluding diaryl/α,β-unsaturated/α-hetero) is 1. The van der Waals surface area contributed by atoms with Crippen LogP contribution in [0.5, 0.6) is 0 Å². The quantitative estimate of drug-likeness (QED) is 0.645. The molecular formula is C18H16ClNO4. The average Bonchev–Trinajstić information content (AvgIpc) is 2.59. The lowest BCUT2D eigenvalue weighted by atomic mass is 10.1. The van der Waals surface area contributed by atoms with Crippen LogP contribution < -0.4 is 5.32 Å². The minimum atomic E-state index is -0.661. The van der Waals surface area contributed by atoms with Crippen molar-refractivity contribution in [1.29, 1.82) is 0 Å². The first-order valence-electron chi connectivity index (χ1n) is 7.25. The third-order valence-corrected chi connectivity index (χ3v) is 3.64. The molecule has 0 atom stereocenters. The molecule has 2 aromatic carbocycles. The Kier molecular flexibility index (Phi) is 6.09. The molecule has 0 fully saturated rings. The fraction of sp³-hybridized carbons (Fsp3) is 0.167. The maximum absolute atomic E-state index is 11.9. The molecule has 0 heterocycles. The summed E-state index contributed by atoms with van der Waals surface area (Å²) in [5, 5.41) is 3.17. The van der Waals surface area contributed by atoms with Gasteiger partial charge >= 0.3 is 5.97 Å². The van der Waals surface area contributed by atoms with Gasteiger partial charge in [-0.15, -0.1) is 0 Å². The monoisotopic (exact) mass is 345 g/mol. The number of carbonyl (C=O) groups excluding carboxylic acids is 3. The Bertz CT molecular complexity index is 773. The highest BCUT2D eigenvalue weighted by Crippen LogP contribution is 2.14. The molecule has 0 radical (unpaired) electrons. The number of nitrogens with one attached hydrogen (secondary N) is 1. The van der Waals surface area contributed by atoms with Crippen LogP contribution in [-0.2, 0) is 16.1 Å². The summed E-state index contributed by atoms with van der Waals surface area (Å²) in [6, 6.07) is 13.3. The molecule has 2 rings (SSSR count). The van der Waals surface area contributed by atoms with E-state index in [9.17, 15) is 14.4 Å². The second-order valence-corrected chi connectivity index (χ2v) is 5.49. The predicted molar refractivity (Wildman–Crippen MR) is 90.0 cm³/mol. The van der Waals surface area contributed by atoms with Crippen LogP contribution in [0.3, 0.4) is 0 Å². The molecule has 0 bridgehead atoms. The van der Waals surface area contributed by atoms with Gasteiger partial charge in [-0.25, -0.2) is 4.79 Å². The number of amides is 1. The second-order valence-electron chi connectivity index (χ2n) is 5.08. The molecule has 0 aliphatic heterocycles. The first-order chi connectivity index (χ1) is 11.5. The largest absolute Gasteiger partial charge is 0.452 e. The molecule has 0 unspecified atom stereocenters. The fourth-order valence-corrected chi connectivity index (χ4v) is 2.17. The summed E-state index contributed by atoms with van der Waals surface area (Å²) in [6.07, 6.45) is 0. The van der Waals surface area contributed by atoms with E-state index >= 15 is 0 Å². The van der Waals surface area contributed by atoms with Crippen molar-refractivity contribution >= 4 is 29.3 Å². The van der Waals surface area contributed by atoms with Crippen LogP contribution in [-0.4, -0.2) is 24.3 Å². The number of ketones is 1. The van der Waals surface area contributed by atoms with Gasteiger partial charge in [0.05, 0.1) is 5.56 Å². The Labute approximate surface area is 144 Å². The smallest absolute Gasteiger partial charge is 0.338 e. The molecule has 0 aliphatic rings. The number of halogens is 1. The van der Waals surface area contributed by atoms with Gasteiger partial charge in [0.1, 0.15) is 0 Å². The molecule has 0 aliphatic carbocycles. The standard InChI is InChI=1S/C18H16ClNO4/c1-12(21)13-6-4-7-14(9-13)18(23)24-11-17(22)20-10-15-5-2-3-8-16(15)19/h2-9H,10-11H2,1H3,(H,20,22). The Morgan fingerprint density at radius 3 is 2.46 bits per heavy atom. The van der Waals surface area contributed by atoms with E-state index in [0.29, 0.717) is 10.6 Å². The van der Waals surface area contributed by atoms with Gasteiger partial charge in [0.25, 0.3) is 5.91 Å². The van der Waals surface area contributed by atoms with Gasteiger partial charge in [0.2, 0.25) is 0 Å². The van der Waals surface area contributed by atoms with Gasteiger partial charge in [-0.3, -0.25) is 9.59 Å². The summed E-state index contributed by atoms with van der Waals surface area (Å²) in [6.45, 7) is 1.25. The number of hydrogen-bond donors (Lipinski definition) is 1. The summed E-state index contributed by atoms with van der Waals surface area (Å²) in [4.78, 5) is 35.0. The SMILES string of the molecule is CC(=O)c1cccc(C(=O)OCC(=O)NCc2ccccc2Cl)c1. The number of hydrogen-bond acceptors (Lipinski definition) is 4. The van der Waals surface area contributed by atoms with E-state index in [4.69, 9.17) is 16.3 Å². The normalized spacial score (nSPS) is 10.1. The molecule has 6 heteroatoms. The van der Waals surface area contributed by atoms with Gasteiger partial charge in [-0.2, -0.15) is 0 Å². The molecule has 5 nitrogen and oxygen atoms in total. The van der Waals surface area contributed by atoms with Gasteiger partial charge in [0.15, 0.2) is 12.4 Å². The molecule has 2 aromatic rings. The number of carbonyl (C=O) groups is 3. The Balaban J connectivity index is 1.85. The summed E-state index contributed by atoms with van der Waals surface area (Å²) < 4.78 is 4.95. The summed E-state index contributed by atoms with van der Waals surface area (Å²) in [7, 11) is 0. The van der Waals surface area contributed by atoms with Crippen molar-refractivity contribution in [3.63, 3.8) is 0 Å². The van der Waals surface area contributed by atoms with Crippen LogP contribution in [0.1, 0.15) is 33.2 Å². The van der Waals surface area contributed by atoms with E-state index in [1.165, 1.54) is 19.1 Å². The highest BCUT2D eigenvalue weighted by molar-refractivity contribution is 6.31. The van der Waals surface area contributed by atoms with Crippen molar-refractivity contribution in [1.82, 2.24) is 5.32 Å². The maximum Gasteiger partial charge on any atom is 0.338 e. The van der Waals surface area contributed by atoms with Crippen molar-refractivity contribution in [2.24, 2.45) is 0 Å². The van der Waals surface area contributed by atoms with Crippen LogP contribution in [0.25, 0.3) is 0 Å². The number of ether oxygens (including phenoxy) is 1. The zero-order valence-electron chi connectivity index (χ0n) is 13.0. The van der Waals surface area contributed by atoms with Crippen molar-refractivity contribution in [3.05, 3.63) is 70.2 Å². The molecule has 1 amide bonds. The maximum atomic E-state index is 11.9. The highest BCUT2D eigenvalue weighted by atomic mass is 35.5. The highest BCUT2D eigenvalue weighted by Gasteiger charge is 2.12. The first kappa shape index (κ1) is 17.7. The second kappa shape index (κ2) is 8.26. The average molecular weight is 346 g/mol. The van der Waals surface area contributed by atoms with Crippen molar-refractivity contribution < 1.29 is 19.1 Å². The molecule has 1 N–H and O–H groups in total. The van der Waals surface area contributed by atoms with Crippen LogP contribution in [0.4, 0.5) is 0 Å². The van der Waals surface area contributed by atoms with E-state index < -0.39 is 18.5 Å². The van der Waals surface area contributed by atoms with Gasteiger partial charge < -0.3 is 10.1 Å². The summed E-state index contributed by atoms with van der Waals surface area (Å²) >= 11 is 5.99. The van der Waals surface area contributed by atoms with E-state index in [1.54, 1.807) is 30.3 Å². The van der Waals surface area contributed by atoms with E-state index in [-0.39, 0.29) is 17.9 Å². The zero-order chi connectivity index (χ0) is 17.5. The molecule has 0 saturated heterocycles. The lowest BCUT2D eigenvalue weighted by molar-refractivity contribution is -0.124. The third kappa shape index (κ3) is 4.93. The lowest BCUT2D eigenvalue weighted by Gasteiger charge is -2.08. The third-order valence-electron chi connectivity index (χ3n) is 3.27. The Morgan fingerprint density at radius 2 is 1.75 bits per heavy atom. The molecule has 24 heavy (non-hydrogen) atoms. The molecule has 124 valence electrons. The van der Waals surface area contributed by atoms with Crippen molar-refractivity contribution in [3.8, 4) is 0 Å². The fourth-order valence-electron chi connectivity index (χ4n) is 1.97. The molecule has 0 spiro atoms. The van der Waals surface area contributed by atoms with E-state index in [1.807, 2.05) is 6.07 Å². The van der Waals surface area contributed by atoms with Gasteiger partial charge in [0, 0.05) is 17.1 Å². The minimum absolute atomic E-state index is 0.151. The Hall–Kier alpha value is -2.66. The lowest BCUT2D eigenvalue weighted by Crippen LogP contribution is -2.28. The number of esters is 1. The van der Waals surface area contributed by atoms with Gasteiger partial charge in [-0.05, 0) is 30.7 Å². The summed E-state index contributed by atoms with van der Waals surface area (Å²) in [5.74, 6) is -1.25. The van der Waals surface area contributed by atoms with Crippen LogP contribution in [0.2, 0.25) is 5.02 Å². The number of rotatable bonds is 6. The van der Waals surface area contributed by atoms with E-state index in [0.717, 1.165) is 5.56 Å². The molecule has 0 saturated carbocycles. The predicted octanol–water partition coefficient (Wildman–Crippen LogP) is 3.02. The number of benzene rings is 2. The minimum Gasteiger partial charge on any atom is -0.452 e. The Morgan fingerprint density at radius 1 is 1.04 bits per heavy atom. The zero-order valence-corrected chi connectivity index (χ0v) is 13.8. The topological polar surface area (TPSA) is 72.5 Å². The first-order valence-corrected chi connectivity index (χ1v) is 7.63.